The van der Waals surface area contributed by atoms with E-state index in [4.69, 9.17) is 4.74 Å². The Labute approximate surface area is 121 Å². The molecule has 3 heteroatoms. The third kappa shape index (κ3) is 3.83. The van der Waals surface area contributed by atoms with E-state index < -0.39 is 0 Å². The molecular formula is C17H25NO2. The maximum absolute atomic E-state index is 12.5. The van der Waals surface area contributed by atoms with Gasteiger partial charge in [0.1, 0.15) is 0 Å². The molecule has 110 valence electrons. The summed E-state index contributed by atoms with van der Waals surface area (Å²) in [7, 11) is 1.94. The molecule has 0 radical (unpaired) electrons. The van der Waals surface area contributed by atoms with Crippen LogP contribution in [0.5, 0.6) is 0 Å². The van der Waals surface area contributed by atoms with E-state index in [-0.39, 0.29) is 17.9 Å². The van der Waals surface area contributed by atoms with E-state index in [1.165, 1.54) is 5.56 Å². The van der Waals surface area contributed by atoms with Crippen LogP contribution in [-0.2, 0) is 16.0 Å². The van der Waals surface area contributed by atoms with Gasteiger partial charge in [0.2, 0.25) is 5.91 Å². The van der Waals surface area contributed by atoms with Gasteiger partial charge in [0.15, 0.2) is 0 Å². The monoisotopic (exact) mass is 275 g/mol. The molecule has 1 fully saturated rings. The second kappa shape index (κ2) is 7.44. The molecule has 1 heterocycles. The molecule has 0 aromatic heterocycles. The van der Waals surface area contributed by atoms with Gasteiger partial charge in [-0.05, 0) is 31.2 Å². The first-order chi connectivity index (χ1) is 9.72. The van der Waals surface area contributed by atoms with Gasteiger partial charge in [0, 0.05) is 19.7 Å². The largest absolute Gasteiger partial charge is 0.381 e. The van der Waals surface area contributed by atoms with Crippen LogP contribution in [0.2, 0.25) is 0 Å². The molecule has 0 bridgehead atoms. The van der Waals surface area contributed by atoms with Crippen LogP contribution in [0, 0.1) is 5.92 Å². The minimum Gasteiger partial charge on any atom is -0.381 e. The van der Waals surface area contributed by atoms with E-state index in [0.29, 0.717) is 6.61 Å². The van der Waals surface area contributed by atoms with Gasteiger partial charge in [-0.15, -0.1) is 0 Å². The zero-order valence-corrected chi connectivity index (χ0v) is 12.5. The summed E-state index contributed by atoms with van der Waals surface area (Å²) in [5, 5.41) is 0. The molecule has 2 atom stereocenters. The van der Waals surface area contributed by atoms with Gasteiger partial charge in [0.25, 0.3) is 0 Å². The normalized spacial score (nSPS) is 20.4. The molecule has 0 spiro atoms. The van der Waals surface area contributed by atoms with Crippen LogP contribution in [0.1, 0.15) is 31.7 Å². The summed E-state index contributed by atoms with van der Waals surface area (Å²) in [6.07, 6.45) is 3.86. The molecule has 1 saturated heterocycles. The van der Waals surface area contributed by atoms with Crippen LogP contribution in [-0.4, -0.2) is 37.1 Å². The Morgan fingerprint density at radius 3 is 2.75 bits per heavy atom. The third-order valence-corrected chi connectivity index (χ3v) is 4.19. The van der Waals surface area contributed by atoms with Crippen molar-refractivity contribution in [1.29, 1.82) is 0 Å². The lowest BCUT2D eigenvalue weighted by Crippen LogP contribution is -2.43. The van der Waals surface area contributed by atoms with Crippen molar-refractivity contribution in [1.82, 2.24) is 4.90 Å². The molecular weight excluding hydrogens is 250 g/mol. The summed E-state index contributed by atoms with van der Waals surface area (Å²) in [5.74, 6) is 0.297. The van der Waals surface area contributed by atoms with Crippen LogP contribution < -0.4 is 0 Å². The summed E-state index contributed by atoms with van der Waals surface area (Å²) in [5.41, 5.74) is 1.29. The number of carbonyl (C=O) groups excluding carboxylic acids is 1. The highest BCUT2D eigenvalue weighted by Gasteiger charge is 2.28. The average molecular weight is 275 g/mol. The first-order valence-corrected chi connectivity index (χ1v) is 7.60. The van der Waals surface area contributed by atoms with E-state index >= 15 is 0 Å². The minimum atomic E-state index is 0.0542. The first-order valence-electron chi connectivity index (χ1n) is 7.60. The smallest absolute Gasteiger partial charge is 0.228 e. The van der Waals surface area contributed by atoms with Crippen LogP contribution in [0.4, 0.5) is 0 Å². The van der Waals surface area contributed by atoms with Gasteiger partial charge in [-0.1, -0.05) is 37.3 Å². The van der Waals surface area contributed by atoms with Crippen molar-refractivity contribution in [2.45, 2.75) is 38.6 Å². The van der Waals surface area contributed by atoms with Gasteiger partial charge in [-0.3, -0.25) is 4.79 Å². The quantitative estimate of drug-likeness (QED) is 0.827. The molecule has 2 rings (SSSR count). The van der Waals surface area contributed by atoms with Crippen molar-refractivity contribution in [3.63, 3.8) is 0 Å². The van der Waals surface area contributed by atoms with Crippen molar-refractivity contribution < 1.29 is 9.53 Å². The highest BCUT2D eigenvalue weighted by Crippen LogP contribution is 2.19. The fourth-order valence-corrected chi connectivity index (χ4v) is 2.84. The Hall–Kier alpha value is -1.35. The van der Waals surface area contributed by atoms with E-state index in [0.717, 1.165) is 32.3 Å². The number of carbonyl (C=O) groups is 1. The lowest BCUT2D eigenvalue weighted by Gasteiger charge is -2.32. The molecule has 0 unspecified atom stereocenters. The number of likely N-dealkylation sites (N-methyl/N-ethyl adjacent to an activating group) is 1. The second-order valence-corrected chi connectivity index (χ2v) is 5.62. The zero-order valence-electron chi connectivity index (χ0n) is 12.5. The SMILES string of the molecule is CC[C@@H](Cc1ccccc1)N(C)C(=O)[C@@H]1CCCOC1. The number of ether oxygens (including phenoxy) is 1. The van der Waals surface area contributed by atoms with Crippen LogP contribution in [0.15, 0.2) is 30.3 Å². The van der Waals surface area contributed by atoms with Crippen LogP contribution in [0.3, 0.4) is 0 Å². The summed E-state index contributed by atoms with van der Waals surface area (Å²) in [6.45, 7) is 3.54. The molecule has 20 heavy (non-hydrogen) atoms. The third-order valence-electron chi connectivity index (χ3n) is 4.19. The van der Waals surface area contributed by atoms with Crippen molar-refractivity contribution in [2.75, 3.05) is 20.3 Å². The van der Waals surface area contributed by atoms with Gasteiger partial charge in [-0.2, -0.15) is 0 Å². The van der Waals surface area contributed by atoms with E-state index in [1.807, 2.05) is 18.0 Å². The number of benzene rings is 1. The molecule has 1 aliphatic heterocycles. The maximum atomic E-state index is 12.5. The lowest BCUT2D eigenvalue weighted by molar-refractivity contribution is -0.140. The van der Waals surface area contributed by atoms with Crippen molar-refractivity contribution in [3.8, 4) is 0 Å². The molecule has 0 saturated carbocycles. The van der Waals surface area contributed by atoms with Gasteiger partial charge in [0.05, 0.1) is 12.5 Å². The summed E-state index contributed by atoms with van der Waals surface area (Å²) < 4.78 is 5.44. The van der Waals surface area contributed by atoms with E-state index in [9.17, 15) is 4.79 Å². The molecule has 1 aliphatic rings. The number of nitrogens with zero attached hydrogens (tertiary/aromatic N) is 1. The average Bonchev–Trinajstić information content (AvgIpc) is 2.53. The van der Waals surface area contributed by atoms with E-state index in [1.54, 1.807) is 0 Å². The highest BCUT2D eigenvalue weighted by molar-refractivity contribution is 5.79. The molecule has 3 nitrogen and oxygen atoms in total. The van der Waals surface area contributed by atoms with E-state index in [2.05, 4.69) is 31.2 Å². The topological polar surface area (TPSA) is 29.5 Å². The number of hydrogen-bond acceptors (Lipinski definition) is 2. The van der Waals surface area contributed by atoms with Crippen LogP contribution in [0.25, 0.3) is 0 Å². The standard InChI is InChI=1S/C17H25NO2/c1-3-16(12-14-8-5-4-6-9-14)18(2)17(19)15-10-7-11-20-13-15/h4-6,8-9,15-16H,3,7,10-13H2,1-2H3/t15-,16+/m1/s1. The molecule has 0 aliphatic carbocycles. The van der Waals surface area contributed by atoms with Gasteiger partial charge >= 0.3 is 0 Å². The Bertz CT molecular complexity index is 412. The minimum absolute atomic E-state index is 0.0542. The Balaban J connectivity index is 1.97. The number of amides is 1. The molecule has 1 amide bonds. The lowest BCUT2D eigenvalue weighted by atomic mass is 9.97. The second-order valence-electron chi connectivity index (χ2n) is 5.62. The van der Waals surface area contributed by atoms with Crippen molar-refractivity contribution >= 4 is 5.91 Å². The summed E-state index contributed by atoms with van der Waals surface area (Å²) in [6, 6.07) is 10.7. The molecule has 0 N–H and O–H groups in total. The van der Waals surface area contributed by atoms with Crippen molar-refractivity contribution in [2.24, 2.45) is 5.92 Å². The van der Waals surface area contributed by atoms with Gasteiger partial charge in [-0.25, -0.2) is 0 Å². The number of rotatable bonds is 5. The molecule has 1 aromatic rings. The first kappa shape index (κ1) is 15.0. The van der Waals surface area contributed by atoms with Crippen molar-refractivity contribution in [3.05, 3.63) is 35.9 Å². The fraction of sp³-hybridized carbons (Fsp3) is 0.588. The Morgan fingerprint density at radius 2 is 2.15 bits per heavy atom. The summed E-state index contributed by atoms with van der Waals surface area (Å²) in [4.78, 5) is 14.5. The highest BCUT2D eigenvalue weighted by atomic mass is 16.5. The number of hydrogen-bond donors (Lipinski definition) is 0. The molecule has 1 aromatic carbocycles. The zero-order chi connectivity index (χ0) is 14.4. The Morgan fingerprint density at radius 1 is 1.40 bits per heavy atom. The Kier molecular flexibility index (Phi) is 5.60. The fourth-order valence-electron chi connectivity index (χ4n) is 2.84. The van der Waals surface area contributed by atoms with Gasteiger partial charge < -0.3 is 9.64 Å². The maximum Gasteiger partial charge on any atom is 0.228 e. The van der Waals surface area contributed by atoms with Crippen LogP contribution >= 0.6 is 0 Å². The summed E-state index contributed by atoms with van der Waals surface area (Å²) >= 11 is 0. The predicted molar refractivity (Wildman–Crippen MR) is 80.5 cm³/mol. The predicted octanol–water partition coefficient (Wildman–Crippen LogP) is 2.89.